The van der Waals surface area contributed by atoms with Gasteiger partial charge in [0.25, 0.3) is 0 Å². The molecule has 1 fully saturated rings. The summed E-state index contributed by atoms with van der Waals surface area (Å²) >= 11 is 0. The van der Waals surface area contributed by atoms with Crippen molar-refractivity contribution in [2.45, 2.75) is 37.6 Å². The Labute approximate surface area is 176 Å². The van der Waals surface area contributed by atoms with Gasteiger partial charge in [0.05, 0.1) is 22.3 Å². The van der Waals surface area contributed by atoms with Crippen molar-refractivity contribution in [3.05, 3.63) is 42.5 Å². The van der Waals surface area contributed by atoms with Gasteiger partial charge in [-0.15, -0.1) is 0 Å². The first kappa shape index (κ1) is 20.6. The van der Waals surface area contributed by atoms with E-state index in [1.54, 1.807) is 21.9 Å². The lowest BCUT2D eigenvalue weighted by Crippen LogP contribution is -2.51. The average molecular weight is 428 g/mol. The monoisotopic (exact) mass is 427 g/mol. The Morgan fingerprint density at radius 1 is 1.03 bits per heavy atom. The van der Waals surface area contributed by atoms with Crippen molar-refractivity contribution in [3.8, 4) is 11.1 Å². The van der Waals surface area contributed by atoms with Gasteiger partial charge in [-0.05, 0) is 62.2 Å². The standard InChI is InChI=1S/C22H25N3O4S/c1-14-13-24(22(27)16-7-8-16)21-12-18(9-10-20(21)25(14)15(2)26)17-5-4-6-19(11-17)30(28,29)23-3/h4-6,9-12,14,16,23H,7-8,13H2,1-3H3. The summed E-state index contributed by atoms with van der Waals surface area (Å²) in [7, 11) is -2.19. The average Bonchev–Trinajstić information content (AvgIpc) is 3.57. The van der Waals surface area contributed by atoms with E-state index < -0.39 is 10.0 Å². The predicted molar refractivity (Wildman–Crippen MR) is 116 cm³/mol. The summed E-state index contributed by atoms with van der Waals surface area (Å²) in [5.41, 5.74) is 2.91. The van der Waals surface area contributed by atoms with Crippen LogP contribution in [0.2, 0.25) is 0 Å². The third kappa shape index (κ3) is 3.61. The van der Waals surface area contributed by atoms with E-state index in [1.165, 1.54) is 20.0 Å². The smallest absolute Gasteiger partial charge is 0.240 e. The lowest BCUT2D eigenvalue weighted by atomic mass is 10.00. The van der Waals surface area contributed by atoms with Crippen molar-refractivity contribution in [1.82, 2.24) is 4.72 Å². The number of sulfonamides is 1. The third-order valence-corrected chi connectivity index (χ3v) is 7.10. The number of anilines is 2. The first-order valence-corrected chi connectivity index (χ1v) is 11.5. The summed E-state index contributed by atoms with van der Waals surface area (Å²) < 4.78 is 26.7. The van der Waals surface area contributed by atoms with E-state index in [9.17, 15) is 18.0 Å². The third-order valence-electron chi connectivity index (χ3n) is 5.69. The molecule has 2 aliphatic rings. The molecule has 2 amide bonds. The molecule has 0 aromatic heterocycles. The molecule has 4 rings (SSSR count). The molecule has 8 heteroatoms. The van der Waals surface area contributed by atoms with E-state index in [-0.39, 0.29) is 28.7 Å². The molecule has 2 aromatic carbocycles. The minimum Gasteiger partial charge on any atom is -0.308 e. The molecule has 158 valence electrons. The van der Waals surface area contributed by atoms with Crippen LogP contribution in [-0.4, -0.2) is 39.9 Å². The minimum atomic E-state index is -3.57. The van der Waals surface area contributed by atoms with Gasteiger partial charge in [0.15, 0.2) is 0 Å². The molecule has 1 saturated carbocycles. The summed E-state index contributed by atoms with van der Waals surface area (Å²) in [6.45, 7) is 3.91. The van der Waals surface area contributed by atoms with Gasteiger partial charge in [-0.25, -0.2) is 13.1 Å². The molecule has 1 N–H and O–H groups in total. The van der Waals surface area contributed by atoms with Gasteiger partial charge >= 0.3 is 0 Å². The van der Waals surface area contributed by atoms with Crippen LogP contribution in [-0.2, 0) is 19.6 Å². The highest BCUT2D eigenvalue weighted by molar-refractivity contribution is 7.89. The SMILES string of the molecule is CNS(=O)(=O)c1cccc(-c2ccc3c(c2)N(C(=O)C2CC2)CC(C)N3C(C)=O)c1. The van der Waals surface area contributed by atoms with Gasteiger partial charge in [0.1, 0.15) is 0 Å². The molecule has 1 unspecified atom stereocenters. The highest BCUT2D eigenvalue weighted by Crippen LogP contribution is 2.42. The normalized spacial score (nSPS) is 18.8. The second kappa shape index (κ2) is 7.52. The van der Waals surface area contributed by atoms with Gasteiger partial charge in [-0.1, -0.05) is 18.2 Å². The fourth-order valence-electron chi connectivity index (χ4n) is 4.00. The first-order valence-electron chi connectivity index (χ1n) is 10.0. The second-order valence-corrected chi connectivity index (χ2v) is 9.79. The van der Waals surface area contributed by atoms with Crippen LogP contribution in [0.4, 0.5) is 11.4 Å². The van der Waals surface area contributed by atoms with Gasteiger partial charge in [0, 0.05) is 19.4 Å². The Morgan fingerprint density at radius 2 is 1.73 bits per heavy atom. The number of hydrogen-bond acceptors (Lipinski definition) is 4. The van der Waals surface area contributed by atoms with Crippen molar-refractivity contribution in [2.24, 2.45) is 5.92 Å². The van der Waals surface area contributed by atoms with Crippen LogP contribution in [0.3, 0.4) is 0 Å². The van der Waals surface area contributed by atoms with Crippen molar-refractivity contribution < 1.29 is 18.0 Å². The van der Waals surface area contributed by atoms with Crippen LogP contribution in [0, 0.1) is 5.92 Å². The van der Waals surface area contributed by atoms with Crippen LogP contribution in [0.5, 0.6) is 0 Å². The Balaban J connectivity index is 1.82. The zero-order valence-electron chi connectivity index (χ0n) is 17.3. The number of nitrogens with zero attached hydrogens (tertiary/aromatic N) is 2. The molecule has 30 heavy (non-hydrogen) atoms. The predicted octanol–water partition coefficient (Wildman–Crippen LogP) is 2.76. The maximum atomic E-state index is 13.0. The van der Waals surface area contributed by atoms with E-state index in [1.807, 2.05) is 31.2 Å². The van der Waals surface area contributed by atoms with E-state index in [2.05, 4.69) is 4.72 Å². The highest BCUT2D eigenvalue weighted by Gasteiger charge is 2.39. The molecule has 1 aliphatic heterocycles. The largest absolute Gasteiger partial charge is 0.308 e. The molecule has 0 saturated heterocycles. The molecule has 7 nitrogen and oxygen atoms in total. The number of carbonyl (C=O) groups excluding carboxylic acids is 2. The lowest BCUT2D eigenvalue weighted by Gasteiger charge is -2.41. The highest BCUT2D eigenvalue weighted by atomic mass is 32.2. The number of hydrogen-bond donors (Lipinski definition) is 1. The van der Waals surface area contributed by atoms with Crippen LogP contribution in [0.15, 0.2) is 47.4 Å². The minimum absolute atomic E-state index is 0.0571. The molecular formula is C22H25N3O4S. The molecular weight excluding hydrogens is 402 g/mol. The summed E-state index contributed by atoms with van der Waals surface area (Å²) in [6, 6.07) is 12.1. The maximum absolute atomic E-state index is 13.0. The summed E-state index contributed by atoms with van der Waals surface area (Å²) in [4.78, 5) is 28.9. The van der Waals surface area contributed by atoms with Crippen LogP contribution < -0.4 is 14.5 Å². The Bertz CT molecular complexity index is 1120. The van der Waals surface area contributed by atoms with Gasteiger partial charge < -0.3 is 9.80 Å². The number of benzene rings is 2. The molecule has 1 heterocycles. The summed E-state index contributed by atoms with van der Waals surface area (Å²) in [5, 5.41) is 0. The van der Waals surface area contributed by atoms with E-state index >= 15 is 0 Å². The zero-order valence-corrected chi connectivity index (χ0v) is 18.1. The van der Waals surface area contributed by atoms with Crippen LogP contribution in [0.1, 0.15) is 26.7 Å². The molecule has 1 aliphatic carbocycles. The van der Waals surface area contributed by atoms with Crippen molar-refractivity contribution in [1.29, 1.82) is 0 Å². The number of rotatable bonds is 4. The molecule has 0 bridgehead atoms. The number of carbonyl (C=O) groups is 2. The van der Waals surface area contributed by atoms with Crippen LogP contribution in [0.25, 0.3) is 11.1 Å². The Morgan fingerprint density at radius 3 is 2.37 bits per heavy atom. The number of nitrogens with one attached hydrogen (secondary N) is 1. The zero-order chi connectivity index (χ0) is 21.6. The topological polar surface area (TPSA) is 86.8 Å². The van der Waals surface area contributed by atoms with E-state index in [0.717, 1.165) is 24.0 Å². The second-order valence-electron chi connectivity index (χ2n) is 7.90. The Hall–Kier alpha value is -2.71. The van der Waals surface area contributed by atoms with Gasteiger partial charge in [-0.2, -0.15) is 0 Å². The van der Waals surface area contributed by atoms with E-state index in [4.69, 9.17) is 0 Å². The maximum Gasteiger partial charge on any atom is 0.240 e. The van der Waals surface area contributed by atoms with Crippen molar-refractivity contribution >= 4 is 33.2 Å². The molecule has 0 radical (unpaired) electrons. The first-order chi connectivity index (χ1) is 14.2. The number of fused-ring (bicyclic) bond motifs is 1. The fraction of sp³-hybridized carbons (Fsp3) is 0.364. The van der Waals surface area contributed by atoms with Gasteiger partial charge in [0.2, 0.25) is 21.8 Å². The molecule has 1 atom stereocenters. The molecule has 2 aromatic rings. The lowest BCUT2D eigenvalue weighted by molar-refractivity contribution is -0.120. The quantitative estimate of drug-likeness (QED) is 0.813. The van der Waals surface area contributed by atoms with E-state index in [0.29, 0.717) is 17.9 Å². The Kier molecular flexibility index (Phi) is 5.15. The summed E-state index contributed by atoms with van der Waals surface area (Å²) in [5.74, 6) is 0.0776. The summed E-state index contributed by atoms with van der Waals surface area (Å²) in [6.07, 6.45) is 1.80. The van der Waals surface area contributed by atoms with Crippen molar-refractivity contribution in [3.63, 3.8) is 0 Å². The van der Waals surface area contributed by atoms with Gasteiger partial charge in [-0.3, -0.25) is 9.59 Å². The van der Waals surface area contributed by atoms with Crippen LogP contribution >= 0.6 is 0 Å². The molecule has 0 spiro atoms. The van der Waals surface area contributed by atoms with Crippen molar-refractivity contribution in [2.75, 3.05) is 23.4 Å². The fourth-order valence-corrected chi connectivity index (χ4v) is 4.78. The number of amides is 2.